The molecule has 17 heavy (non-hydrogen) atoms. The van der Waals surface area contributed by atoms with E-state index in [1.807, 2.05) is 24.3 Å². The van der Waals surface area contributed by atoms with E-state index >= 15 is 0 Å². The summed E-state index contributed by atoms with van der Waals surface area (Å²) in [5.41, 5.74) is 1.85. The van der Waals surface area contributed by atoms with Gasteiger partial charge in [0.25, 0.3) is 5.56 Å². The standard InChI is InChI=1S/C12H11ClN2OS/c13-9-4-1-8(2-5-9)3-6-10-7-11(16)15-12(17)14-10/h1-2,4-5,7H,3,6H2,(H2,14,15,16,17). The molecule has 0 radical (unpaired) electrons. The van der Waals surface area contributed by atoms with Crippen LogP contribution in [0.1, 0.15) is 11.3 Å². The third-order valence-electron chi connectivity index (χ3n) is 2.41. The van der Waals surface area contributed by atoms with Crippen LogP contribution in [0.2, 0.25) is 5.02 Å². The highest BCUT2D eigenvalue weighted by atomic mass is 35.5. The molecule has 2 N–H and O–H groups in total. The maximum atomic E-state index is 11.2. The van der Waals surface area contributed by atoms with Gasteiger partial charge in [0, 0.05) is 16.8 Å². The van der Waals surface area contributed by atoms with Gasteiger partial charge in [-0.1, -0.05) is 23.7 Å². The van der Waals surface area contributed by atoms with Gasteiger partial charge in [-0.3, -0.25) is 9.78 Å². The van der Waals surface area contributed by atoms with Crippen molar-refractivity contribution in [2.24, 2.45) is 0 Å². The first kappa shape index (κ1) is 12.1. The van der Waals surface area contributed by atoms with Crippen LogP contribution in [0.3, 0.4) is 0 Å². The van der Waals surface area contributed by atoms with E-state index in [4.69, 9.17) is 23.8 Å². The number of H-pyrrole nitrogens is 2. The molecule has 5 heteroatoms. The van der Waals surface area contributed by atoms with Gasteiger partial charge in [-0.25, -0.2) is 0 Å². The van der Waals surface area contributed by atoms with E-state index < -0.39 is 0 Å². The molecule has 3 nitrogen and oxygen atoms in total. The zero-order chi connectivity index (χ0) is 12.3. The normalized spacial score (nSPS) is 10.4. The molecule has 1 heterocycles. The molecule has 0 bridgehead atoms. The van der Waals surface area contributed by atoms with E-state index in [1.54, 1.807) is 0 Å². The lowest BCUT2D eigenvalue weighted by molar-refractivity contribution is 0.885. The SMILES string of the molecule is O=c1cc(CCc2ccc(Cl)cc2)[nH]c(=S)[nH]1. The highest BCUT2D eigenvalue weighted by Crippen LogP contribution is 2.11. The minimum absolute atomic E-state index is 0.167. The monoisotopic (exact) mass is 266 g/mol. The summed E-state index contributed by atoms with van der Waals surface area (Å²) < 4.78 is 0.364. The molecule has 0 aliphatic carbocycles. The van der Waals surface area contributed by atoms with Gasteiger partial charge in [0.05, 0.1) is 0 Å². The van der Waals surface area contributed by atoms with Crippen molar-refractivity contribution in [3.63, 3.8) is 0 Å². The number of hydrogen-bond donors (Lipinski definition) is 2. The van der Waals surface area contributed by atoms with Crippen LogP contribution < -0.4 is 5.56 Å². The van der Waals surface area contributed by atoms with Crippen LogP contribution in [-0.4, -0.2) is 9.97 Å². The van der Waals surface area contributed by atoms with Crippen molar-refractivity contribution in [2.45, 2.75) is 12.8 Å². The lowest BCUT2D eigenvalue weighted by Gasteiger charge is -2.02. The van der Waals surface area contributed by atoms with Crippen LogP contribution in [0.5, 0.6) is 0 Å². The topological polar surface area (TPSA) is 48.6 Å². The van der Waals surface area contributed by atoms with Crippen molar-refractivity contribution in [3.8, 4) is 0 Å². The Morgan fingerprint density at radius 3 is 2.47 bits per heavy atom. The Labute approximate surface area is 108 Å². The van der Waals surface area contributed by atoms with Crippen LogP contribution in [0.15, 0.2) is 35.1 Å². The summed E-state index contributed by atoms with van der Waals surface area (Å²) in [7, 11) is 0. The van der Waals surface area contributed by atoms with Crippen molar-refractivity contribution >= 4 is 23.8 Å². The molecule has 0 fully saturated rings. The molecule has 0 unspecified atom stereocenters. The van der Waals surface area contributed by atoms with Crippen molar-refractivity contribution in [2.75, 3.05) is 0 Å². The van der Waals surface area contributed by atoms with Gasteiger partial charge in [0.2, 0.25) is 0 Å². The minimum Gasteiger partial charge on any atom is -0.336 e. The quantitative estimate of drug-likeness (QED) is 0.840. The van der Waals surface area contributed by atoms with Crippen molar-refractivity contribution in [3.05, 3.63) is 61.7 Å². The van der Waals surface area contributed by atoms with Crippen molar-refractivity contribution in [1.82, 2.24) is 9.97 Å². The molecule has 0 amide bonds. The number of hydrogen-bond acceptors (Lipinski definition) is 2. The zero-order valence-corrected chi connectivity index (χ0v) is 10.6. The van der Waals surface area contributed by atoms with Gasteiger partial charge in [-0.15, -0.1) is 0 Å². The van der Waals surface area contributed by atoms with Crippen molar-refractivity contribution in [1.29, 1.82) is 0 Å². The predicted octanol–water partition coefficient (Wildman–Crippen LogP) is 2.87. The smallest absolute Gasteiger partial charge is 0.251 e. The van der Waals surface area contributed by atoms with Gasteiger partial charge in [0.15, 0.2) is 4.77 Å². The van der Waals surface area contributed by atoms with E-state index in [1.165, 1.54) is 11.6 Å². The van der Waals surface area contributed by atoms with Gasteiger partial charge in [-0.2, -0.15) is 0 Å². The summed E-state index contributed by atoms with van der Waals surface area (Å²) in [6.07, 6.45) is 1.58. The fraction of sp³-hybridized carbons (Fsp3) is 0.167. The van der Waals surface area contributed by atoms with E-state index in [2.05, 4.69) is 9.97 Å². The van der Waals surface area contributed by atoms with Crippen LogP contribution in [0.4, 0.5) is 0 Å². The highest BCUT2D eigenvalue weighted by Gasteiger charge is 1.98. The summed E-state index contributed by atoms with van der Waals surface area (Å²) in [5.74, 6) is 0. The highest BCUT2D eigenvalue weighted by molar-refractivity contribution is 7.71. The summed E-state index contributed by atoms with van der Waals surface area (Å²) in [6, 6.07) is 9.20. The van der Waals surface area contributed by atoms with Gasteiger partial charge >= 0.3 is 0 Å². The van der Waals surface area contributed by atoms with Gasteiger partial charge < -0.3 is 4.98 Å². The molecule has 0 saturated heterocycles. The number of benzene rings is 1. The van der Waals surface area contributed by atoms with E-state index in [9.17, 15) is 4.79 Å². The lowest BCUT2D eigenvalue weighted by atomic mass is 10.1. The van der Waals surface area contributed by atoms with Gasteiger partial charge in [0.1, 0.15) is 0 Å². The van der Waals surface area contributed by atoms with E-state index in [-0.39, 0.29) is 5.56 Å². The summed E-state index contributed by atoms with van der Waals surface area (Å²) in [5, 5.41) is 0.726. The van der Waals surface area contributed by atoms with E-state index in [0.29, 0.717) is 4.77 Å². The fourth-order valence-electron chi connectivity index (χ4n) is 1.58. The summed E-state index contributed by atoms with van der Waals surface area (Å²) in [4.78, 5) is 16.7. The molecule has 2 aromatic rings. The lowest BCUT2D eigenvalue weighted by Crippen LogP contribution is -2.09. The number of aryl methyl sites for hydroxylation is 2. The molecule has 1 aromatic heterocycles. The Kier molecular flexibility index (Phi) is 3.76. The average Bonchev–Trinajstić information content (AvgIpc) is 2.27. The third kappa shape index (κ3) is 3.54. The molecular weight excluding hydrogens is 256 g/mol. The first-order valence-electron chi connectivity index (χ1n) is 5.20. The molecule has 0 atom stereocenters. The molecule has 2 rings (SSSR count). The number of halogens is 1. The minimum atomic E-state index is -0.167. The maximum absolute atomic E-state index is 11.2. The molecule has 88 valence electrons. The number of aromatic amines is 2. The summed E-state index contributed by atoms with van der Waals surface area (Å²) >= 11 is 10.7. The molecule has 0 aliphatic rings. The Morgan fingerprint density at radius 1 is 1.12 bits per heavy atom. The van der Waals surface area contributed by atoms with E-state index in [0.717, 1.165) is 23.6 Å². The predicted molar refractivity (Wildman–Crippen MR) is 71.1 cm³/mol. The second-order valence-electron chi connectivity index (χ2n) is 3.74. The third-order valence-corrected chi connectivity index (χ3v) is 2.87. The zero-order valence-electron chi connectivity index (χ0n) is 9.00. The van der Waals surface area contributed by atoms with Crippen LogP contribution >= 0.6 is 23.8 Å². The molecule has 0 spiro atoms. The molecule has 1 aromatic carbocycles. The van der Waals surface area contributed by atoms with Crippen molar-refractivity contribution < 1.29 is 0 Å². The van der Waals surface area contributed by atoms with Gasteiger partial charge in [-0.05, 0) is 42.8 Å². The molecular formula is C12H11ClN2OS. The fourth-order valence-corrected chi connectivity index (χ4v) is 1.94. The first-order valence-corrected chi connectivity index (χ1v) is 5.99. The second-order valence-corrected chi connectivity index (χ2v) is 4.58. The summed E-state index contributed by atoms with van der Waals surface area (Å²) in [6.45, 7) is 0. The average molecular weight is 267 g/mol. The first-order chi connectivity index (χ1) is 8.13. The van der Waals surface area contributed by atoms with Crippen LogP contribution in [0.25, 0.3) is 0 Å². The second kappa shape index (κ2) is 5.29. The maximum Gasteiger partial charge on any atom is 0.251 e. The number of aromatic nitrogens is 2. The number of nitrogens with one attached hydrogen (secondary N) is 2. The largest absolute Gasteiger partial charge is 0.336 e. The number of rotatable bonds is 3. The Morgan fingerprint density at radius 2 is 1.82 bits per heavy atom. The van der Waals surface area contributed by atoms with Crippen LogP contribution in [0, 0.1) is 4.77 Å². The Bertz CT molecular complexity index is 587. The molecule has 0 aliphatic heterocycles. The molecule has 0 saturated carbocycles. The van der Waals surface area contributed by atoms with Crippen LogP contribution in [-0.2, 0) is 12.8 Å². The Balaban J connectivity index is 2.09. The Hall–Kier alpha value is -1.39.